The lowest BCUT2D eigenvalue weighted by atomic mass is 9.88. The standard InChI is InChI=1S/C24H34N2P2/c1-22(2,3)28(23(4,5)6)17-18-11-7-8-12-19(18)24(27,20-13-9-15-25-20)21-14-10-16-26-21/h7-16,25-26H,17,27H2,1-6H3. The first-order valence-electron chi connectivity index (χ1n) is 9.97. The van der Waals surface area contributed by atoms with E-state index in [-0.39, 0.29) is 13.1 Å². The van der Waals surface area contributed by atoms with E-state index >= 15 is 0 Å². The van der Waals surface area contributed by atoms with E-state index in [0.29, 0.717) is 10.3 Å². The third-order valence-electron chi connectivity index (χ3n) is 5.44. The Morgan fingerprint density at radius 1 is 0.750 bits per heavy atom. The molecule has 1 atom stereocenters. The fourth-order valence-corrected chi connectivity index (χ4v) is 8.50. The second-order valence-corrected chi connectivity index (χ2v) is 14.3. The lowest BCUT2D eigenvalue weighted by Crippen LogP contribution is -2.28. The number of rotatable bonds is 5. The van der Waals surface area contributed by atoms with Crippen molar-refractivity contribution >= 4 is 17.2 Å². The third-order valence-corrected chi connectivity index (χ3v) is 10.3. The molecule has 1 unspecified atom stereocenters. The fourth-order valence-electron chi connectivity index (χ4n) is 4.28. The molecular weight excluding hydrogens is 378 g/mol. The summed E-state index contributed by atoms with van der Waals surface area (Å²) >= 11 is 0. The number of nitrogens with one attached hydrogen (secondary N) is 2. The molecule has 150 valence electrons. The van der Waals surface area contributed by atoms with E-state index in [9.17, 15) is 0 Å². The van der Waals surface area contributed by atoms with Crippen molar-refractivity contribution in [2.24, 2.45) is 0 Å². The maximum absolute atomic E-state index is 3.47. The van der Waals surface area contributed by atoms with Crippen molar-refractivity contribution < 1.29 is 0 Å². The van der Waals surface area contributed by atoms with Crippen LogP contribution in [-0.2, 0) is 11.3 Å². The Morgan fingerprint density at radius 2 is 1.25 bits per heavy atom. The largest absolute Gasteiger partial charge is 0.364 e. The topological polar surface area (TPSA) is 31.6 Å². The highest BCUT2D eigenvalue weighted by atomic mass is 31.1. The summed E-state index contributed by atoms with van der Waals surface area (Å²) in [5.74, 6) is 0. The summed E-state index contributed by atoms with van der Waals surface area (Å²) in [7, 11) is 2.92. The van der Waals surface area contributed by atoms with Crippen molar-refractivity contribution in [3.05, 3.63) is 83.4 Å². The smallest absolute Gasteiger partial charge is 0.0891 e. The normalized spacial score (nSPS) is 13.3. The van der Waals surface area contributed by atoms with Crippen molar-refractivity contribution in [3.8, 4) is 0 Å². The van der Waals surface area contributed by atoms with E-state index in [0.717, 1.165) is 6.16 Å². The van der Waals surface area contributed by atoms with E-state index in [2.05, 4.69) is 109 Å². The van der Waals surface area contributed by atoms with Crippen LogP contribution in [-0.4, -0.2) is 20.3 Å². The van der Waals surface area contributed by atoms with Crippen LogP contribution in [0.5, 0.6) is 0 Å². The Hall–Kier alpha value is -1.36. The molecule has 0 fully saturated rings. The number of hydrogen-bond acceptors (Lipinski definition) is 0. The highest BCUT2D eigenvalue weighted by molar-refractivity contribution is 7.60. The molecule has 4 heteroatoms. The zero-order chi connectivity index (χ0) is 20.6. The van der Waals surface area contributed by atoms with Crippen molar-refractivity contribution in [1.29, 1.82) is 0 Å². The molecule has 0 aliphatic carbocycles. The van der Waals surface area contributed by atoms with Gasteiger partial charge in [-0.1, -0.05) is 73.7 Å². The van der Waals surface area contributed by atoms with Crippen LogP contribution in [0.1, 0.15) is 64.1 Å². The summed E-state index contributed by atoms with van der Waals surface area (Å²) in [5, 5.41) is 0.270. The molecule has 0 bridgehead atoms. The Balaban J connectivity index is 2.15. The van der Waals surface area contributed by atoms with Gasteiger partial charge in [0.25, 0.3) is 0 Å². The van der Waals surface area contributed by atoms with Crippen LogP contribution in [0.2, 0.25) is 0 Å². The van der Waals surface area contributed by atoms with Gasteiger partial charge in [-0.3, -0.25) is 0 Å². The molecule has 2 aromatic heterocycles. The van der Waals surface area contributed by atoms with E-state index in [1.54, 1.807) is 0 Å². The molecule has 1 aromatic carbocycles. The van der Waals surface area contributed by atoms with Gasteiger partial charge >= 0.3 is 0 Å². The van der Waals surface area contributed by atoms with Gasteiger partial charge in [0.2, 0.25) is 0 Å². The summed E-state index contributed by atoms with van der Waals surface area (Å²) in [6.07, 6.45) is 5.14. The number of aromatic nitrogens is 2. The van der Waals surface area contributed by atoms with Gasteiger partial charge in [0.05, 0.1) is 5.16 Å². The second-order valence-electron chi connectivity index (χ2n) is 9.56. The van der Waals surface area contributed by atoms with Gasteiger partial charge in [-0.05, 0) is 51.9 Å². The molecular formula is C24H34N2P2. The summed E-state index contributed by atoms with van der Waals surface area (Å²) < 4.78 is 0. The zero-order valence-corrected chi connectivity index (χ0v) is 20.1. The lowest BCUT2D eigenvalue weighted by molar-refractivity contribution is 0.701. The molecule has 0 radical (unpaired) electrons. The minimum Gasteiger partial charge on any atom is -0.364 e. The molecule has 0 saturated heterocycles. The SMILES string of the molecule is CC(C)(C)P(Cc1ccccc1C(P)(c1ccc[nH]1)c1ccc[nH]1)C(C)(C)C. The minimum absolute atomic E-state index is 0.227. The van der Waals surface area contributed by atoms with Gasteiger partial charge in [-0.15, -0.1) is 9.24 Å². The Labute approximate surface area is 173 Å². The average molecular weight is 412 g/mol. The Morgan fingerprint density at radius 3 is 1.68 bits per heavy atom. The van der Waals surface area contributed by atoms with Crippen LogP contribution in [0.15, 0.2) is 60.9 Å². The van der Waals surface area contributed by atoms with E-state index in [1.807, 2.05) is 12.4 Å². The predicted octanol–water partition coefficient (Wildman–Crippen LogP) is 7.09. The van der Waals surface area contributed by atoms with Gasteiger partial charge in [0, 0.05) is 23.8 Å². The summed E-state index contributed by atoms with van der Waals surface area (Å²) in [6, 6.07) is 17.5. The first kappa shape index (κ1) is 21.4. The highest BCUT2D eigenvalue weighted by Crippen LogP contribution is 2.62. The maximum Gasteiger partial charge on any atom is 0.0891 e. The maximum atomic E-state index is 3.47. The fraction of sp³-hybridized carbons (Fsp3) is 0.417. The molecule has 28 heavy (non-hydrogen) atoms. The summed E-state index contributed by atoms with van der Waals surface area (Å²) in [5.41, 5.74) is 5.16. The highest BCUT2D eigenvalue weighted by Gasteiger charge is 2.38. The number of H-pyrrole nitrogens is 2. The molecule has 2 heterocycles. The van der Waals surface area contributed by atoms with Crippen molar-refractivity contribution in [1.82, 2.24) is 9.97 Å². The molecule has 0 saturated carbocycles. The minimum atomic E-state index is -0.319. The van der Waals surface area contributed by atoms with Crippen LogP contribution in [0.3, 0.4) is 0 Å². The van der Waals surface area contributed by atoms with Crippen LogP contribution < -0.4 is 0 Å². The number of aromatic amines is 2. The average Bonchev–Trinajstić information content (AvgIpc) is 3.30. The first-order chi connectivity index (χ1) is 13.0. The van der Waals surface area contributed by atoms with E-state index in [1.165, 1.54) is 22.5 Å². The zero-order valence-electron chi connectivity index (χ0n) is 18.0. The second kappa shape index (κ2) is 7.81. The molecule has 2 nitrogen and oxygen atoms in total. The van der Waals surface area contributed by atoms with Crippen LogP contribution in [0, 0.1) is 0 Å². The molecule has 0 aliphatic rings. The van der Waals surface area contributed by atoms with Crippen molar-refractivity contribution in [2.75, 3.05) is 0 Å². The van der Waals surface area contributed by atoms with Gasteiger partial charge < -0.3 is 9.97 Å². The van der Waals surface area contributed by atoms with Crippen LogP contribution in [0.25, 0.3) is 0 Å². The predicted molar refractivity (Wildman–Crippen MR) is 128 cm³/mol. The molecule has 3 rings (SSSR count). The molecule has 0 spiro atoms. The third kappa shape index (κ3) is 4.14. The Kier molecular flexibility index (Phi) is 5.96. The number of benzene rings is 1. The van der Waals surface area contributed by atoms with Gasteiger partial charge in [-0.2, -0.15) is 0 Å². The lowest BCUT2D eigenvalue weighted by Gasteiger charge is -2.42. The summed E-state index contributed by atoms with van der Waals surface area (Å²) in [6.45, 7) is 14.4. The van der Waals surface area contributed by atoms with Gasteiger partial charge in [-0.25, -0.2) is 0 Å². The first-order valence-corrected chi connectivity index (χ1v) is 12.1. The van der Waals surface area contributed by atoms with E-state index < -0.39 is 0 Å². The molecule has 2 N–H and O–H groups in total. The van der Waals surface area contributed by atoms with Gasteiger partial charge in [0.15, 0.2) is 0 Å². The van der Waals surface area contributed by atoms with Crippen molar-refractivity contribution in [2.45, 2.75) is 63.2 Å². The monoisotopic (exact) mass is 412 g/mol. The van der Waals surface area contributed by atoms with Gasteiger partial charge in [0.1, 0.15) is 0 Å². The Bertz CT molecular complexity index is 833. The van der Waals surface area contributed by atoms with Crippen LogP contribution >= 0.6 is 17.2 Å². The molecule has 0 amide bonds. The number of hydrogen-bond donors (Lipinski definition) is 2. The quantitative estimate of drug-likeness (QED) is 0.419. The van der Waals surface area contributed by atoms with Crippen molar-refractivity contribution in [3.63, 3.8) is 0 Å². The van der Waals surface area contributed by atoms with Crippen LogP contribution in [0.4, 0.5) is 0 Å². The molecule has 3 aromatic rings. The molecule has 0 aliphatic heterocycles. The summed E-state index contributed by atoms with van der Waals surface area (Å²) in [4.78, 5) is 6.94. The van der Waals surface area contributed by atoms with E-state index in [4.69, 9.17) is 0 Å².